The fourth-order valence-corrected chi connectivity index (χ4v) is 3.45. The monoisotopic (exact) mass is 370 g/mol. The van der Waals surface area contributed by atoms with Crippen LogP contribution in [0, 0.1) is 6.92 Å². The number of hydrogen-bond acceptors (Lipinski definition) is 5. The van der Waals surface area contributed by atoms with Crippen LogP contribution in [-0.4, -0.2) is 65.0 Å². The van der Waals surface area contributed by atoms with Crippen molar-refractivity contribution >= 4 is 5.91 Å². The van der Waals surface area contributed by atoms with Crippen molar-refractivity contribution in [2.24, 2.45) is 0 Å². The maximum atomic E-state index is 12.9. The van der Waals surface area contributed by atoms with Gasteiger partial charge in [-0.2, -0.15) is 0 Å². The fourth-order valence-electron chi connectivity index (χ4n) is 3.45. The molecule has 1 saturated heterocycles. The number of carbonyl (C=O) groups is 1. The number of benzene rings is 1. The van der Waals surface area contributed by atoms with Crippen molar-refractivity contribution < 1.29 is 9.32 Å². The van der Waals surface area contributed by atoms with Gasteiger partial charge in [-0.15, -0.1) is 0 Å². The van der Waals surface area contributed by atoms with Crippen LogP contribution in [-0.2, 0) is 13.1 Å². The summed E-state index contributed by atoms with van der Waals surface area (Å²) in [6.45, 7) is 13.5. The van der Waals surface area contributed by atoms with E-state index in [-0.39, 0.29) is 5.91 Å². The first-order chi connectivity index (χ1) is 13.1. The average molecular weight is 370 g/mol. The smallest absolute Gasteiger partial charge is 0.276 e. The molecule has 0 bridgehead atoms. The highest BCUT2D eigenvalue weighted by Gasteiger charge is 2.22. The Bertz CT molecular complexity index is 750. The average Bonchev–Trinajstić information content (AvgIpc) is 3.16. The largest absolute Gasteiger partial charge is 0.359 e. The predicted molar refractivity (Wildman–Crippen MR) is 105 cm³/mol. The molecule has 2 heterocycles. The number of nitrogens with zero attached hydrogens (tertiary/aromatic N) is 4. The van der Waals surface area contributed by atoms with Crippen LogP contribution in [0.25, 0.3) is 0 Å². The molecule has 6 heteroatoms. The highest BCUT2D eigenvalue weighted by atomic mass is 16.5. The third kappa shape index (κ3) is 4.96. The summed E-state index contributed by atoms with van der Waals surface area (Å²) in [5, 5.41) is 4.04. The third-order valence-electron chi connectivity index (χ3n) is 5.36. The Morgan fingerprint density at radius 1 is 1.15 bits per heavy atom. The fraction of sp³-hybridized carbons (Fsp3) is 0.524. The van der Waals surface area contributed by atoms with Crippen LogP contribution in [0.4, 0.5) is 0 Å². The quantitative estimate of drug-likeness (QED) is 0.750. The van der Waals surface area contributed by atoms with E-state index in [9.17, 15) is 4.79 Å². The van der Waals surface area contributed by atoms with Crippen molar-refractivity contribution in [3.63, 3.8) is 0 Å². The molecule has 1 amide bonds. The Kier molecular flexibility index (Phi) is 6.63. The second-order valence-corrected chi connectivity index (χ2v) is 7.13. The van der Waals surface area contributed by atoms with Gasteiger partial charge in [0.05, 0.1) is 6.54 Å². The van der Waals surface area contributed by atoms with E-state index in [1.54, 1.807) is 6.07 Å². The Hall–Kier alpha value is -2.18. The summed E-state index contributed by atoms with van der Waals surface area (Å²) in [5.74, 6) is 0.682. The minimum Gasteiger partial charge on any atom is -0.359 e. The summed E-state index contributed by atoms with van der Waals surface area (Å²) in [5.41, 5.74) is 2.74. The Morgan fingerprint density at radius 2 is 1.85 bits per heavy atom. The van der Waals surface area contributed by atoms with Crippen LogP contribution in [0.5, 0.6) is 0 Å². The number of hydrogen-bond donors (Lipinski definition) is 0. The van der Waals surface area contributed by atoms with Crippen molar-refractivity contribution in [3.8, 4) is 0 Å². The van der Waals surface area contributed by atoms with E-state index in [2.05, 4.69) is 40.9 Å². The molecule has 6 nitrogen and oxygen atoms in total. The molecule has 3 rings (SSSR count). The number of carbonyl (C=O) groups excluding carboxylic acids is 1. The molecule has 1 fully saturated rings. The zero-order chi connectivity index (χ0) is 19.2. The first-order valence-electron chi connectivity index (χ1n) is 9.84. The lowest BCUT2D eigenvalue weighted by Gasteiger charge is -2.33. The molecule has 0 radical (unpaired) electrons. The zero-order valence-electron chi connectivity index (χ0n) is 16.6. The van der Waals surface area contributed by atoms with Gasteiger partial charge >= 0.3 is 0 Å². The molecule has 2 aromatic rings. The summed E-state index contributed by atoms with van der Waals surface area (Å²) in [7, 11) is 0. The van der Waals surface area contributed by atoms with Gasteiger partial charge in [0, 0.05) is 45.3 Å². The predicted octanol–water partition coefficient (Wildman–Crippen LogP) is 2.78. The number of aromatic nitrogens is 1. The SMILES string of the molecule is CCN1CCN(Cc2cc(C(=O)N(CC)Cc3ccccc3C)no2)CC1. The van der Waals surface area contributed by atoms with E-state index in [1.165, 1.54) is 5.56 Å². The lowest BCUT2D eigenvalue weighted by molar-refractivity contribution is 0.0741. The molecule has 1 aromatic carbocycles. The Labute approximate surface area is 161 Å². The van der Waals surface area contributed by atoms with Crippen LogP contribution in [0.3, 0.4) is 0 Å². The van der Waals surface area contributed by atoms with E-state index in [0.29, 0.717) is 25.3 Å². The van der Waals surface area contributed by atoms with E-state index in [1.807, 2.05) is 24.0 Å². The Balaban J connectivity index is 1.61. The molecule has 0 N–H and O–H groups in total. The number of piperazine rings is 1. The molecule has 1 aliphatic rings. The van der Waals surface area contributed by atoms with Crippen LogP contribution in [0.2, 0.25) is 0 Å². The number of aryl methyl sites for hydroxylation is 1. The van der Waals surface area contributed by atoms with Crippen molar-refractivity contribution in [2.45, 2.75) is 33.9 Å². The standard InChI is InChI=1S/C21H30N4O2/c1-4-23-10-12-24(13-11-23)16-19-14-20(22-27-19)21(26)25(5-2)15-18-9-7-6-8-17(18)3/h6-9,14H,4-5,10-13,15-16H2,1-3H3. The maximum Gasteiger partial charge on any atom is 0.276 e. The summed E-state index contributed by atoms with van der Waals surface area (Å²) >= 11 is 0. The van der Waals surface area contributed by atoms with E-state index >= 15 is 0 Å². The minimum absolute atomic E-state index is 0.0773. The van der Waals surface area contributed by atoms with Gasteiger partial charge in [0.15, 0.2) is 11.5 Å². The summed E-state index contributed by atoms with van der Waals surface area (Å²) < 4.78 is 5.46. The van der Waals surface area contributed by atoms with Crippen molar-refractivity contribution in [2.75, 3.05) is 39.3 Å². The first kappa shape index (κ1) is 19.6. The maximum absolute atomic E-state index is 12.9. The van der Waals surface area contributed by atoms with Gasteiger partial charge in [-0.1, -0.05) is 36.3 Å². The highest BCUT2D eigenvalue weighted by molar-refractivity contribution is 5.92. The molecule has 1 aliphatic heterocycles. The lowest BCUT2D eigenvalue weighted by atomic mass is 10.1. The number of likely N-dealkylation sites (N-methyl/N-ethyl adjacent to an activating group) is 1. The third-order valence-corrected chi connectivity index (χ3v) is 5.36. The molecule has 0 saturated carbocycles. The van der Waals surface area contributed by atoms with Gasteiger partial charge in [0.2, 0.25) is 0 Å². The van der Waals surface area contributed by atoms with Gasteiger partial charge in [-0.3, -0.25) is 9.69 Å². The van der Waals surface area contributed by atoms with Gasteiger partial charge in [-0.05, 0) is 31.5 Å². The van der Waals surface area contributed by atoms with Gasteiger partial charge in [0.1, 0.15) is 0 Å². The molecule has 0 aliphatic carbocycles. The molecule has 0 spiro atoms. The van der Waals surface area contributed by atoms with E-state index in [0.717, 1.165) is 44.0 Å². The molecule has 1 aromatic heterocycles. The van der Waals surface area contributed by atoms with Gasteiger partial charge in [-0.25, -0.2) is 0 Å². The first-order valence-corrected chi connectivity index (χ1v) is 9.84. The normalized spacial score (nSPS) is 15.8. The Morgan fingerprint density at radius 3 is 2.52 bits per heavy atom. The van der Waals surface area contributed by atoms with Crippen molar-refractivity contribution in [1.82, 2.24) is 19.9 Å². The summed E-state index contributed by atoms with van der Waals surface area (Å²) in [6.07, 6.45) is 0. The van der Waals surface area contributed by atoms with Crippen molar-refractivity contribution in [1.29, 1.82) is 0 Å². The minimum atomic E-state index is -0.0773. The molecule has 146 valence electrons. The van der Waals surface area contributed by atoms with Crippen LogP contribution in [0.1, 0.15) is 41.2 Å². The van der Waals surface area contributed by atoms with E-state index < -0.39 is 0 Å². The number of rotatable bonds is 7. The highest BCUT2D eigenvalue weighted by Crippen LogP contribution is 2.15. The molecular formula is C21H30N4O2. The molecule has 0 atom stereocenters. The second kappa shape index (κ2) is 9.15. The molecular weight excluding hydrogens is 340 g/mol. The molecule has 27 heavy (non-hydrogen) atoms. The van der Waals surface area contributed by atoms with Crippen LogP contribution >= 0.6 is 0 Å². The zero-order valence-corrected chi connectivity index (χ0v) is 16.6. The number of amides is 1. The lowest BCUT2D eigenvalue weighted by Crippen LogP contribution is -2.45. The van der Waals surface area contributed by atoms with Crippen molar-refractivity contribution in [3.05, 3.63) is 52.9 Å². The van der Waals surface area contributed by atoms with Gasteiger partial charge in [0.25, 0.3) is 5.91 Å². The van der Waals surface area contributed by atoms with Crippen LogP contribution in [0.15, 0.2) is 34.9 Å². The van der Waals surface area contributed by atoms with Crippen LogP contribution < -0.4 is 0 Å². The van der Waals surface area contributed by atoms with Gasteiger partial charge < -0.3 is 14.3 Å². The summed E-state index contributed by atoms with van der Waals surface area (Å²) in [4.78, 5) is 19.5. The van der Waals surface area contributed by atoms with E-state index in [4.69, 9.17) is 4.52 Å². The topological polar surface area (TPSA) is 52.8 Å². The molecule has 0 unspecified atom stereocenters. The second-order valence-electron chi connectivity index (χ2n) is 7.13. The summed E-state index contributed by atoms with van der Waals surface area (Å²) in [6, 6.07) is 9.96.